The predicted molar refractivity (Wildman–Crippen MR) is 60.8 cm³/mol. The maximum absolute atomic E-state index is 13.6. The monoisotopic (exact) mass is 307 g/mol. The van der Waals surface area contributed by atoms with E-state index >= 15 is 0 Å². The second-order valence-electron chi connectivity index (χ2n) is 2.73. The van der Waals surface area contributed by atoms with E-state index in [1.807, 2.05) is 0 Å². The molecule has 1 aromatic rings. The molecule has 0 aliphatic rings. The summed E-state index contributed by atoms with van der Waals surface area (Å²) >= 11 is 8.30. The molecule has 0 bridgehead atoms. The molecule has 0 fully saturated rings. The average molecular weight is 309 g/mol. The molecule has 0 saturated carbocycles. The first kappa shape index (κ1) is 12.9. The zero-order valence-electron chi connectivity index (χ0n) is 7.77. The minimum absolute atomic E-state index is 0.0308. The van der Waals surface area contributed by atoms with Crippen LogP contribution >= 0.6 is 27.5 Å². The van der Waals surface area contributed by atoms with Crippen LogP contribution in [-0.2, 0) is 0 Å². The van der Waals surface area contributed by atoms with Gasteiger partial charge in [-0.2, -0.15) is 5.26 Å². The number of nitrogens with zero attached hydrogens (tertiary/aromatic N) is 2. The number of benzene rings is 1. The number of alkyl halides is 1. The van der Waals surface area contributed by atoms with Crippen LogP contribution in [0, 0.1) is 23.0 Å². The molecule has 0 aliphatic heterocycles. The first-order valence-corrected chi connectivity index (χ1v) is 5.30. The molecule has 0 aromatic heterocycles. The third-order valence-electron chi connectivity index (χ3n) is 1.65. The zero-order chi connectivity index (χ0) is 12.3. The number of nitriles is 1. The highest BCUT2D eigenvalue weighted by Gasteiger charge is 2.17. The first-order valence-electron chi connectivity index (χ1n) is 3.97. The topological polar surface area (TPSA) is 62.2 Å². The Labute approximate surface area is 104 Å². The van der Waals surface area contributed by atoms with Crippen LogP contribution in [0.3, 0.4) is 0 Å². The number of nitrogens with two attached hydrogens (primary N) is 1. The Balaban J connectivity index is 3.47. The van der Waals surface area contributed by atoms with Gasteiger partial charge in [0.25, 0.3) is 0 Å². The molecule has 1 rings (SSSR count). The summed E-state index contributed by atoms with van der Waals surface area (Å²) in [5, 5.41) is 8.55. The highest BCUT2D eigenvalue weighted by molar-refractivity contribution is 9.10. The Kier molecular flexibility index (Phi) is 4.21. The van der Waals surface area contributed by atoms with E-state index in [1.54, 1.807) is 0 Å². The van der Waals surface area contributed by atoms with Crippen molar-refractivity contribution in [3.8, 4) is 6.07 Å². The third-order valence-corrected chi connectivity index (χ3v) is 2.53. The first-order chi connectivity index (χ1) is 7.51. The fraction of sp³-hybridized carbons (Fsp3) is 0.111. The van der Waals surface area contributed by atoms with Gasteiger partial charge in [-0.1, -0.05) is 0 Å². The quantitative estimate of drug-likeness (QED) is 0.519. The van der Waals surface area contributed by atoms with Crippen molar-refractivity contribution >= 4 is 39.1 Å². The molecular formula is C9H5BrClF2N3. The number of hydrogen-bond donors (Lipinski definition) is 1. The summed E-state index contributed by atoms with van der Waals surface area (Å²) in [7, 11) is 0. The molecule has 16 heavy (non-hydrogen) atoms. The van der Waals surface area contributed by atoms with Crippen molar-refractivity contribution in [2.75, 3.05) is 5.88 Å². The highest BCUT2D eigenvalue weighted by atomic mass is 79.9. The van der Waals surface area contributed by atoms with Gasteiger partial charge in [-0.15, -0.1) is 11.6 Å². The summed E-state index contributed by atoms with van der Waals surface area (Å²) in [5.74, 6) is -2.15. The lowest BCUT2D eigenvalue weighted by atomic mass is 10.2. The van der Waals surface area contributed by atoms with Crippen molar-refractivity contribution in [3.05, 3.63) is 27.7 Å². The van der Waals surface area contributed by atoms with Crippen molar-refractivity contribution in [2.45, 2.75) is 0 Å². The summed E-state index contributed by atoms with van der Waals surface area (Å²) in [5.41, 5.74) is 4.38. The van der Waals surface area contributed by atoms with Gasteiger partial charge in [0.05, 0.1) is 5.88 Å². The second kappa shape index (κ2) is 5.23. The van der Waals surface area contributed by atoms with Crippen molar-refractivity contribution < 1.29 is 8.78 Å². The van der Waals surface area contributed by atoms with Gasteiger partial charge in [0.15, 0.2) is 5.82 Å². The van der Waals surface area contributed by atoms with Gasteiger partial charge < -0.3 is 5.73 Å². The number of amidine groups is 1. The van der Waals surface area contributed by atoms with Crippen molar-refractivity contribution in [3.63, 3.8) is 0 Å². The van der Waals surface area contributed by atoms with Crippen molar-refractivity contribution in [1.29, 1.82) is 5.26 Å². The van der Waals surface area contributed by atoms with E-state index < -0.39 is 17.2 Å². The van der Waals surface area contributed by atoms with E-state index in [-0.39, 0.29) is 21.9 Å². The Hall–Kier alpha value is -1.19. The third kappa shape index (κ3) is 2.49. The maximum atomic E-state index is 13.6. The predicted octanol–water partition coefficient (Wildman–Crippen LogP) is 2.83. The highest BCUT2D eigenvalue weighted by Crippen LogP contribution is 2.32. The lowest BCUT2D eigenvalue weighted by Crippen LogP contribution is -2.12. The molecule has 84 valence electrons. The van der Waals surface area contributed by atoms with Gasteiger partial charge in [-0.05, 0) is 22.0 Å². The molecule has 0 aliphatic carbocycles. The minimum atomic E-state index is -1.07. The van der Waals surface area contributed by atoms with Crippen LogP contribution in [0.2, 0.25) is 0 Å². The second-order valence-corrected chi connectivity index (χ2v) is 3.85. The van der Waals surface area contributed by atoms with E-state index in [1.165, 1.54) is 6.07 Å². The van der Waals surface area contributed by atoms with Crippen LogP contribution in [-0.4, -0.2) is 11.7 Å². The standard InChI is InChI=1S/C9H5BrClF2N3/c10-5-1-6(12)4(3-14)8(13)9(5)16-7(15)2-11/h1H,2H2,(H2,15,16). The summed E-state index contributed by atoms with van der Waals surface area (Å²) in [4.78, 5) is 3.65. The Morgan fingerprint density at radius 3 is 2.75 bits per heavy atom. The fourth-order valence-electron chi connectivity index (χ4n) is 0.958. The summed E-state index contributed by atoms with van der Waals surface area (Å²) in [6.07, 6.45) is 0. The van der Waals surface area contributed by atoms with E-state index in [9.17, 15) is 8.78 Å². The van der Waals surface area contributed by atoms with Crippen LogP contribution in [0.4, 0.5) is 14.5 Å². The molecule has 0 unspecified atom stereocenters. The molecule has 0 heterocycles. The SMILES string of the molecule is N#Cc1c(F)cc(Br)c(N=C(N)CCl)c1F. The normalized spacial score (nSPS) is 11.3. The summed E-state index contributed by atoms with van der Waals surface area (Å²) < 4.78 is 26.8. The van der Waals surface area contributed by atoms with Crippen LogP contribution in [0.1, 0.15) is 5.56 Å². The molecule has 2 N–H and O–H groups in total. The lowest BCUT2D eigenvalue weighted by Gasteiger charge is -2.04. The minimum Gasteiger partial charge on any atom is -0.386 e. The van der Waals surface area contributed by atoms with Crippen molar-refractivity contribution in [1.82, 2.24) is 0 Å². The van der Waals surface area contributed by atoms with Gasteiger partial charge in [0.2, 0.25) is 0 Å². The molecule has 7 heteroatoms. The molecule has 3 nitrogen and oxygen atoms in total. The van der Waals surface area contributed by atoms with E-state index in [0.29, 0.717) is 0 Å². The molecule has 0 spiro atoms. The fourth-order valence-corrected chi connectivity index (χ4v) is 1.48. The summed E-state index contributed by atoms with van der Waals surface area (Å²) in [6, 6.07) is 2.35. The van der Waals surface area contributed by atoms with Crippen LogP contribution in [0.25, 0.3) is 0 Å². The number of halogens is 4. The molecular weight excluding hydrogens is 303 g/mol. The zero-order valence-corrected chi connectivity index (χ0v) is 10.1. The molecule has 0 radical (unpaired) electrons. The van der Waals surface area contributed by atoms with E-state index in [0.717, 1.165) is 6.07 Å². The van der Waals surface area contributed by atoms with Gasteiger partial charge >= 0.3 is 0 Å². The largest absolute Gasteiger partial charge is 0.386 e. The molecule has 1 aromatic carbocycles. The number of rotatable bonds is 2. The van der Waals surface area contributed by atoms with Crippen LogP contribution in [0.5, 0.6) is 0 Å². The van der Waals surface area contributed by atoms with E-state index in [4.69, 9.17) is 22.6 Å². The molecule has 0 amide bonds. The average Bonchev–Trinajstić information content (AvgIpc) is 2.24. The van der Waals surface area contributed by atoms with Gasteiger partial charge in [0.1, 0.15) is 29.0 Å². The lowest BCUT2D eigenvalue weighted by molar-refractivity contribution is 0.577. The van der Waals surface area contributed by atoms with E-state index in [2.05, 4.69) is 20.9 Å². The smallest absolute Gasteiger partial charge is 0.170 e. The number of aliphatic imine (C=N–C) groups is 1. The van der Waals surface area contributed by atoms with Crippen LogP contribution in [0.15, 0.2) is 15.5 Å². The van der Waals surface area contributed by atoms with Gasteiger partial charge in [0, 0.05) is 4.47 Å². The summed E-state index contributed by atoms with van der Waals surface area (Å²) in [6.45, 7) is 0. The molecule has 0 atom stereocenters. The Bertz CT molecular complexity index is 497. The van der Waals surface area contributed by atoms with Gasteiger partial charge in [-0.3, -0.25) is 0 Å². The van der Waals surface area contributed by atoms with Crippen molar-refractivity contribution in [2.24, 2.45) is 10.7 Å². The van der Waals surface area contributed by atoms with Crippen LogP contribution < -0.4 is 5.73 Å². The molecule has 0 saturated heterocycles. The Morgan fingerprint density at radius 2 is 2.25 bits per heavy atom. The Morgan fingerprint density at radius 1 is 1.62 bits per heavy atom. The maximum Gasteiger partial charge on any atom is 0.170 e. The van der Waals surface area contributed by atoms with Gasteiger partial charge in [-0.25, -0.2) is 13.8 Å². The number of hydrogen-bond acceptors (Lipinski definition) is 2.